The number of aliphatic hydroxyl groups is 2. The fourth-order valence-electron chi connectivity index (χ4n) is 4.06. The van der Waals surface area contributed by atoms with E-state index in [0.717, 1.165) is 24.2 Å². The highest BCUT2D eigenvalue weighted by molar-refractivity contribution is 5.64. The molecule has 0 unspecified atom stereocenters. The maximum atomic E-state index is 9.08. The first-order valence-electron chi connectivity index (χ1n) is 10.9. The molecule has 1 heterocycles. The summed E-state index contributed by atoms with van der Waals surface area (Å²) in [6, 6.07) is 17.8. The number of rotatable bonds is 8. The van der Waals surface area contributed by atoms with Gasteiger partial charge < -0.3 is 20.1 Å². The third-order valence-corrected chi connectivity index (χ3v) is 5.90. The molecule has 1 aliphatic rings. The Morgan fingerprint density at radius 2 is 1.68 bits per heavy atom. The van der Waals surface area contributed by atoms with E-state index in [1.165, 1.54) is 16.7 Å². The third kappa shape index (κ3) is 5.42. The van der Waals surface area contributed by atoms with Crippen LogP contribution in [0.4, 0.5) is 0 Å². The van der Waals surface area contributed by atoms with Crippen LogP contribution in [-0.2, 0) is 13.0 Å². The van der Waals surface area contributed by atoms with E-state index in [9.17, 15) is 0 Å². The number of nitrogens with one attached hydrogen (secondary N) is 1. The van der Waals surface area contributed by atoms with Gasteiger partial charge in [-0.2, -0.15) is 0 Å². The van der Waals surface area contributed by atoms with E-state index in [1.54, 1.807) is 6.20 Å². The van der Waals surface area contributed by atoms with Gasteiger partial charge in [0, 0.05) is 37.0 Å². The van der Waals surface area contributed by atoms with Crippen LogP contribution in [0.5, 0.6) is 0 Å². The van der Waals surface area contributed by atoms with Crippen LogP contribution in [0, 0.1) is 11.8 Å². The highest BCUT2D eigenvalue weighted by Crippen LogP contribution is 2.37. The van der Waals surface area contributed by atoms with Crippen LogP contribution >= 0.6 is 0 Å². The zero-order valence-electron chi connectivity index (χ0n) is 17.7. The van der Waals surface area contributed by atoms with Crippen molar-refractivity contribution < 1.29 is 10.2 Å². The van der Waals surface area contributed by atoms with Gasteiger partial charge >= 0.3 is 0 Å². The van der Waals surface area contributed by atoms with Crippen molar-refractivity contribution in [2.24, 2.45) is 0 Å². The molecule has 1 fully saturated rings. The minimum atomic E-state index is 0.0931. The van der Waals surface area contributed by atoms with Gasteiger partial charge in [0.15, 0.2) is 0 Å². The Hall–Kier alpha value is -2.91. The molecule has 160 valence electrons. The van der Waals surface area contributed by atoms with Crippen LogP contribution in [-0.4, -0.2) is 45.6 Å². The van der Waals surface area contributed by atoms with E-state index in [2.05, 4.69) is 70.7 Å². The van der Waals surface area contributed by atoms with Gasteiger partial charge in [-0.3, -0.25) is 0 Å². The van der Waals surface area contributed by atoms with Crippen molar-refractivity contribution in [2.45, 2.75) is 37.8 Å². The van der Waals surface area contributed by atoms with Gasteiger partial charge in [0.1, 0.15) is 5.82 Å². The minimum absolute atomic E-state index is 0.0931. The highest BCUT2D eigenvalue weighted by atomic mass is 16.3. The predicted octanol–water partition coefficient (Wildman–Crippen LogP) is 2.96. The quantitative estimate of drug-likeness (QED) is 0.495. The monoisotopic (exact) mass is 415 g/mol. The average Bonchev–Trinajstić information content (AvgIpc) is 3.21. The van der Waals surface area contributed by atoms with Gasteiger partial charge in [-0.05, 0) is 47.6 Å². The smallest absolute Gasteiger partial charge is 0.111 e. The molecule has 0 bridgehead atoms. The maximum Gasteiger partial charge on any atom is 0.111 e. The van der Waals surface area contributed by atoms with E-state index < -0.39 is 0 Å². The molecule has 5 nitrogen and oxygen atoms in total. The van der Waals surface area contributed by atoms with Gasteiger partial charge in [0.25, 0.3) is 0 Å². The molecule has 5 heteroatoms. The molecule has 2 aromatic carbocycles. The Kier molecular flexibility index (Phi) is 7.16. The second-order valence-corrected chi connectivity index (χ2v) is 7.99. The molecular weight excluding hydrogens is 386 g/mol. The van der Waals surface area contributed by atoms with Crippen LogP contribution in [0.3, 0.4) is 0 Å². The second-order valence-electron chi connectivity index (χ2n) is 7.99. The number of hydrogen-bond donors (Lipinski definition) is 3. The third-order valence-electron chi connectivity index (χ3n) is 5.90. The van der Waals surface area contributed by atoms with Crippen molar-refractivity contribution in [1.82, 2.24) is 14.9 Å². The lowest BCUT2D eigenvalue weighted by Gasteiger charge is -2.36. The van der Waals surface area contributed by atoms with Crippen molar-refractivity contribution in [2.75, 3.05) is 19.8 Å². The largest absolute Gasteiger partial charge is 0.396 e. The molecule has 3 aromatic rings. The summed E-state index contributed by atoms with van der Waals surface area (Å²) in [5, 5.41) is 21.4. The van der Waals surface area contributed by atoms with Crippen LogP contribution in [0.25, 0.3) is 11.1 Å². The van der Waals surface area contributed by atoms with Gasteiger partial charge in [0.05, 0.1) is 19.8 Å². The molecule has 0 atom stereocenters. The van der Waals surface area contributed by atoms with Crippen LogP contribution in [0.2, 0.25) is 0 Å². The summed E-state index contributed by atoms with van der Waals surface area (Å²) in [4.78, 5) is 4.24. The Morgan fingerprint density at radius 3 is 2.35 bits per heavy atom. The van der Waals surface area contributed by atoms with Crippen molar-refractivity contribution in [3.63, 3.8) is 0 Å². The molecular formula is C26H29N3O2. The summed E-state index contributed by atoms with van der Waals surface area (Å²) >= 11 is 0. The molecule has 0 saturated heterocycles. The Labute approximate surface area is 183 Å². The molecule has 1 aliphatic carbocycles. The lowest BCUT2D eigenvalue weighted by atomic mass is 9.75. The zero-order valence-corrected chi connectivity index (χ0v) is 17.7. The number of nitrogens with zero attached hydrogens (tertiary/aromatic N) is 2. The van der Waals surface area contributed by atoms with Gasteiger partial charge in [-0.25, -0.2) is 4.98 Å². The topological polar surface area (TPSA) is 70.3 Å². The predicted molar refractivity (Wildman–Crippen MR) is 123 cm³/mol. The first kappa shape index (κ1) is 21.3. The van der Waals surface area contributed by atoms with Gasteiger partial charge in [0.2, 0.25) is 0 Å². The highest BCUT2D eigenvalue weighted by Gasteiger charge is 2.29. The van der Waals surface area contributed by atoms with Gasteiger partial charge in [-0.15, -0.1) is 0 Å². The molecule has 0 spiro atoms. The van der Waals surface area contributed by atoms with Crippen molar-refractivity contribution in [1.29, 1.82) is 0 Å². The summed E-state index contributed by atoms with van der Waals surface area (Å²) < 4.78 is 1.96. The zero-order chi connectivity index (χ0) is 21.5. The fraction of sp³-hybridized carbons (Fsp3) is 0.346. The normalized spacial score (nSPS) is 17.6. The molecule has 1 aromatic heterocycles. The fourth-order valence-corrected chi connectivity index (χ4v) is 4.06. The lowest BCUT2D eigenvalue weighted by molar-refractivity contribution is 0.244. The number of benzene rings is 2. The molecule has 3 N–H and O–H groups in total. The van der Waals surface area contributed by atoms with Gasteiger partial charge in [-0.1, -0.05) is 48.2 Å². The van der Waals surface area contributed by atoms with E-state index in [0.29, 0.717) is 31.5 Å². The van der Waals surface area contributed by atoms with Crippen LogP contribution in [0.15, 0.2) is 60.9 Å². The average molecular weight is 416 g/mol. The number of aromatic nitrogens is 2. The standard InChI is InChI=1S/C26H29N3O2/c30-16-11-26-28-12-15-29(26)14-1-2-20-3-5-21(6-4-20)22-7-9-23(10-8-22)24-18-25(19-24)27-13-17-31/h3-10,12,15,24-25,27,30-31H,11,13-14,16-19H2. The second kappa shape index (κ2) is 10.4. The number of hydrogen-bond acceptors (Lipinski definition) is 4. The number of aliphatic hydroxyl groups excluding tert-OH is 2. The molecule has 0 aliphatic heterocycles. The van der Waals surface area contributed by atoms with Crippen LogP contribution in [0.1, 0.15) is 35.7 Å². The maximum absolute atomic E-state index is 9.08. The van der Waals surface area contributed by atoms with Crippen molar-refractivity contribution >= 4 is 0 Å². The molecule has 0 amide bonds. The van der Waals surface area contributed by atoms with E-state index in [-0.39, 0.29) is 13.2 Å². The van der Waals surface area contributed by atoms with E-state index in [4.69, 9.17) is 10.2 Å². The molecule has 4 rings (SSSR count). The summed E-state index contributed by atoms with van der Waals surface area (Å²) in [6.45, 7) is 1.55. The summed E-state index contributed by atoms with van der Waals surface area (Å²) in [7, 11) is 0. The minimum Gasteiger partial charge on any atom is -0.396 e. The summed E-state index contributed by atoms with van der Waals surface area (Å²) in [6.07, 6.45) is 6.47. The Bertz CT molecular complexity index is 1020. The number of imidazole rings is 1. The van der Waals surface area contributed by atoms with Crippen molar-refractivity contribution in [3.05, 3.63) is 77.9 Å². The Balaban J connectivity index is 1.33. The molecule has 1 saturated carbocycles. The summed E-state index contributed by atoms with van der Waals surface area (Å²) in [5.41, 5.74) is 4.78. The SMILES string of the molecule is OCCNC1CC(c2ccc(-c3ccc(C#CCn4ccnc4CCO)cc3)cc2)C1. The Morgan fingerprint density at radius 1 is 0.968 bits per heavy atom. The molecule has 0 radical (unpaired) electrons. The lowest BCUT2D eigenvalue weighted by Crippen LogP contribution is -2.41. The van der Waals surface area contributed by atoms with E-state index in [1.807, 2.05) is 10.8 Å². The van der Waals surface area contributed by atoms with Crippen LogP contribution < -0.4 is 5.32 Å². The first-order valence-corrected chi connectivity index (χ1v) is 10.9. The van der Waals surface area contributed by atoms with E-state index >= 15 is 0 Å². The summed E-state index contributed by atoms with van der Waals surface area (Å²) in [5.74, 6) is 7.87. The first-order chi connectivity index (χ1) is 15.3. The molecule has 31 heavy (non-hydrogen) atoms. The van der Waals surface area contributed by atoms with Crippen molar-refractivity contribution in [3.8, 4) is 23.0 Å².